The number of carbonyl (C=O) groups is 1. The van der Waals surface area contributed by atoms with E-state index in [0.29, 0.717) is 6.42 Å². The summed E-state index contributed by atoms with van der Waals surface area (Å²) in [5.41, 5.74) is 4.99. The van der Waals surface area contributed by atoms with Gasteiger partial charge in [0.2, 0.25) is 5.91 Å². The Morgan fingerprint density at radius 3 is 2.79 bits per heavy atom. The summed E-state index contributed by atoms with van der Waals surface area (Å²) in [5, 5.41) is 13.2. The van der Waals surface area contributed by atoms with Gasteiger partial charge in [0.25, 0.3) is 5.69 Å². The third-order valence-corrected chi connectivity index (χ3v) is 2.71. The van der Waals surface area contributed by atoms with E-state index in [0.717, 1.165) is 18.6 Å². The van der Waals surface area contributed by atoms with Gasteiger partial charge in [0.05, 0.1) is 16.9 Å². The zero-order chi connectivity index (χ0) is 14.4. The van der Waals surface area contributed by atoms with Crippen LogP contribution in [0.4, 0.5) is 15.8 Å². The number of hydrogen-bond donors (Lipinski definition) is 2. The minimum atomic E-state index is -0.740. The molecule has 0 fully saturated rings. The number of nitrogens with two attached hydrogens (primary N) is 1. The predicted octanol–water partition coefficient (Wildman–Crippen LogP) is 2.05. The fraction of sp³-hybridized carbons (Fsp3) is 0.417. The van der Waals surface area contributed by atoms with Crippen LogP contribution in [0.3, 0.4) is 0 Å². The van der Waals surface area contributed by atoms with Crippen LogP contribution in [0, 0.1) is 21.8 Å². The van der Waals surface area contributed by atoms with Gasteiger partial charge in [-0.05, 0) is 18.6 Å². The van der Waals surface area contributed by atoms with Gasteiger partial charge in [0.15, 0.2) is 0 Å². The van der Waals surface area contributed by atoms with Crippen molar-refractivity contribution in [3.05, 3.63) is 34.1 Å². The lowest BCUT2D eigenvalue weighted by molar-refractivity contribution is -0.384. The molecule has 0 bridgehead atoms. The molecule has 19 heavy (non-hydrogen) atoms. The Morgan fingerprint density at radius 1 is 1.58 bits per heavy atom. The Balaban J connectivity index is 2.92. The molecule has 1 amide bonds. The van der Waals surface area contributed by atoms with Crippen molar-refractivity contribution >= 4 is 17.3 Å². The third kappa shape index (κ3) is 3.99. The number of anilines is 1. The van der Waals surface area contributed by atoms with Crippen LogP contribution >= 0.6 is 0 Å². The van der Waals surface area contributed by atoms with Crippen LogP contribution < -0.4 is 11.1 Å². The molecule has 0 aromatic heterocycles. The molecule has 1 unspecified atom stereocenters. The van der Waals surface area contributed by atoms with E-state index in [2.05, 4.69) is 5.32 Å². The van der Waals surface area contributed by atoms with Crippen LogP contribution in [0.15, 0.2) is 18.2 Å². The second-order valence-corrected chi connectivity index (χ2v) is 4.13. The zero-order valence-electron chi connectivity index (χ0n) is 10.6. The summed E-state index contributed by atoms with van der Waals surface area (Å²) in [5.74, 6) is -1.53. The Hall–Kier alpha value is -2.02. The second kappa shape index (κ2) is 6.79. The molecular weight excluding hydrogens is 253 g/mol. The highest BCUT2D eigenvalue weighted by Gasteiger charge is 2.21. The highest BCUT2D eigenvalue weighted by Crippen LogP contribution is 2.25. The average molecular weight is 269 g/mol. The highest BCUT2D eigenvalue weighted by molar-refractivity contribution is 5.94. The van der Waals surface area contributed by atoms with Gasteiger partial charge in [-0.15, -0.1) is 0 Å². The lowest BCUT2D eigenvalue weighted by Crippen LogP contribution is -2.29. The van der Waals surface area contributed by atoms with E-state index in [9.17, 15) is 19.3 Å². The van der Waals surface area contributed by atoms with Gasteiger partial charge in [-0.1, -0.05) is 13.3 Å². The van der Waals surface area contributed by atoms with E-state index in [1.54, 1.807) is 0 Å². The van der Waals surface area contributed by atoms with Gasteiger partial charge in [-0.3, -0.25) is 14.9 Å². The van der Waals surface area contributed by atoms with E-state index in [4.69, 9.17) is 5.73 Å². The summed E-state index contributed by atoms with van der Waals surface area (Å²) >= 11 is 0. The first-order chi connectivity index (χ1) is 8.99. The van der Waals surface area contributed by atoms with Crippen LogP contribution in [0.5, 0.6) is 0 Å². The Kier molecular flexibility index (Phi) is 5.37. The fourth-order valence-corrected chi connectivity index (χ4v) is 1.70. The quantitative estimate of drug-likeness (QED) is 0.610. The van der Waals surface area contributed by atoms with Crippen molar-refractivity contribution in [1.29, 1.82) is 0 Å². The van der Waals surface area contributed by atoms with Gasteiger partial charge in [0, 0.05) is 6.54 Å². The Bertz CT molecular complexity index is 479. The largest absolute Gasteiger partial charge is 0.330 e. The molecule has 0 aliphatic carbocycles. The first-order valence-corrected chi connectivity index (χ1v) is 5.94. The molecule has 7 heteroatoms. The van der Waals surface area contributed by atoms with E-state index < -0.39 is 22.3 Å². The summed E-state index contributed by atoms with van der Waals surface area (Å²) < 4.78 is 13.0. The first kappa shape index (κ1) is 15.0. The molecule has 0 aliphatic heterocycles. The van der Waals surface area contributed by atoms with Crippen molar-refractivity contribution in [2.75, 3.05) is 11.9 Å². The molecule has 0 aliphatic rings. The van der Waals surface area contributed by atoms with Crippen LogP contribution in [0.1, 0.15) is 19.8 Å². The van der Waals surface area contributed by atoms with Crippen molar-refractivity contribution in [2.24, 2.45) is 11.7 Å². The summed E-state index contributed by atoms with van der Waals surface area (Å²) in [6, 6.07) is 3.00. The molecule has 0 radical (unpaired) electrons. The van der Waals surface area contributed by atoms with Crippen LogP contribution in [-0.2, 0) is 4.79 Å². The molecule has 1 atom stereocenters. The molecule has 0 saturated carbocycles. The van der Waals surface area contributed by atoms with Crippen molar-refractivity contribution in [3.63, 3.8) is 0 Å². The maximum atomic E-state index is 13.0. The molecule has 0 spiro atoms. The number of benzene rings is 1. The summed E-state index contributed by atoms with van der Waals surface area (Å²) in [6.07, 6.45) is 1.37. The maximum absolute atomic E-state index is 13.0. The number of nitro benzene ring substituents is 1. The molecule has 6 nitrogen and oxygen atoms in total. The number of nitrogens with one attached hydrogen (secondary N) is 1. The van der Waals surface area contributed by atoms with Gasteiger partial charge in [0.1, 0.15) is 11.5 Å². The predicted molar refractivity (Wildman–Crippen MR) is 69.1 cm³/mol. The van der Waals surface area contributed by atoms with Gasteiger partial charge < -0.3 is 11.1 Å². The van der Waals surface area contributed by atoms with Crippen molar-refractivity contribution in [3.8, 4) is 0 Å². The average Bonchev–Trinajstić information content (AvgIpc) is 2.37. The second-order valence-electron chi connectivity index (χ2n) is 4.13. The molecule has 104 valence electrons. The summed E-state index contributed by atoms with van der Waals surface area (Å²) in [6.45, 7) is 2.07. The van der Waals surface area contributed by atoms with Crippen molar-refractivity contribution in [2.45, 2.75) is 19.8 Å². The standard InChI is InChI=1S/C12H16FN3O3/c1-2-3-8(7-14)12(17)15-10-5-4-9(13)6-11(10)16(18)19/h4-6,8H,2-3,7,14H2,1H3,(H,15,17). The van der Waals surface area contributed by atoms with Crippen LogP contribution in [0.25, 0.3) is 0 Å². The lowest BCUT2D eigenvalue weighted by atomic mass is 10.0. The third-order valence-electron chi connectivity index (χ3n) is 2.71. The fourth-order valence-electron chi connectivity index (χ4n) is 1.70. The molecule has 1 aromatic rings. The SMILES string of the molecule is CCCC(CN)C(=O)Nc1ccc(F)cc1[N+](=O)[O-]. The minimum Gasteiger partial charge on any atom is -0.330 e. The number of nitro groups is 1. The molecular formula is C12H16FN3O3. The minimum absolute atomic E-state index is 0.0223. The monoisotopic (exact) mass is 269 g/mol. The topological polar surface area (TPSA) is 98.3 Å². The van der Waals surface area contributed by atoms with E-state index >= 15 is 0 Å². The summed E-state index contributed by atoms with van der Waals surface area (Å²) in [4.78, 5) is 21.9. The van der Waals surface area contributed by atoms with E-state index in [-0.39, 0.29) is 18.1 Å². The van der Waals surface area contributed by atoms with Crippen LogP contribution in [-0.4, -0.2) is 17.4 Å². The summed E-state index contributed by atoms with van der Waals surface area (Å²) in [7, 11) is 0. The molecule has 0 heterocycles. The Labute approximate surface area is 109 Å². The first-order valence-electron chi connectivity index (χ1n) is 5.94. The van der Waals surface area contributed by atoms with Crippen molar-refractivity contribution < 1.29 is 14.1 Å². The molecule has 3 N–H and O–H groups in total. The number of rotatable bonds is 6. The number of amides is 1. The Morgan fingerprint density at radius 2 is 2.26 bits per heavy atom. The number of halogens is 1. The van der Waals surface area contributed by atoms with Crippen molar-refractivity contribution in [1.82, 2.24) is 0 Å². The number of nitrogens with zero attached hydrogens (tertiary/aromatic N) is 1. The lowest BCUT2D eigenvalue weighted by Gasteiger charge is -2.13. The van der Waals surface area contributed by atoms with Crippen LogP contribution in [0.2, 0.25) is 0 Å². The smallest absolute Gasteiger partial charge is 0.295 e. The maximum Gasteiger partial charge on any atom is 0.295 e. The van der Waals surface area contributed by atoms with Gasteiger partial charge >= 0.3 is 0 Å². The zero-order valence-corrected chi connectivity index (χ0v) is 10.6. The highest BCUT2D eigenvalue weighted by atomic mass is 19.1. The van der Waals surface area contributed by atoms with Gasteiger partial charge in [-0.2, -0.15) is 0 Å². The normalized spacial score (nSPS) is 11.9. The number of carbonyl (C=O) groups excluding carboxylic acids is 1. The number of hydrogen-bond acceptors (Lipinski definition) is 4. The molecule has 1 rings (SSSR count). The van der Waals surface area contributed by atoms with E-state index in [1.165, 1.54) is 6.07 Å². The molecule has 0 saturated heterocycles. The van der Waals surface area contributed by atoms with E-state index in [1.807, 2.05) is 6.92 Å². The van der Waals surface area contributed by atoms with Gasteiger partial charge in [-0.25, -0.2) is 4.39 Å². The molecule has 1 aromatic carbocycles.